The van der Waals surface area contributed by atoms with Crippen molar-refractivity contribution < 1.29 is 13.9 Å². The van der Waals surface area contributed by atoms with E-state index in [0.717, 1.165) is 24.2 Å². The first-order valence-corrected chi connectivity index (χ1v) is 11.4. The van der Waals surface area contributed by atoms with Gasteiger partial charge in [-0.15, -0.1) is 0 Å². The van der Waals surface area contributed by atoms with Crippen LogP contribution in [0.15, 0.2) is 65.2 Å². The van der Waals surface area contributed by atoms with Crippen LogP contribution in [0.4, 0.5) is 5.82 Å². The second-order valence-electron chi connectivity index (χ2n) is 7.94. The van der Waals surface area contributed by atoms with Gasteiger partial charge < -0.3 is 14.5 Å². The van der Waals surface area contributed by atoms with Gasteiger partial charge in [0.2, 0.25) is 0 Å². The highest BCUT2D eigenvalue weighted by atomic mass is 35.5. The predicted molar refractivity (Wildman–Crippen MR) is 127 cm³/mol. The molecule has 8 heteroatoms. The van der Waals surface area contributed by atoms with Gasteiger partial charge in [0.05, 0.1) is 6.54 Å². The second kappa shape index (κ2) is 9.33. The van der Waals surface area contributed by atoms with Crippen LogP contribution in [0.5, 0.6) is 5.75 Å². The molecule has 0 atom stereocenters. The normalized spacial score (nSPS) is 12.5. The zero-order chi connectivity index (χ0) is 22.8. The summed E-state index contributed by atoms with van der Waals surface area (Å²) in [5.74, 6) is 1.35. The SMILES string of the molecule is O=C(Nc1nn(Cc2ccc(Cl)cc2)cc1Cl)c1ccc(COc2ccc3c(c2)CCC3)o1. The molecule has 0 unspecified atom stereocenters. The summed E-state index contributed by atoms with van der Waals surface area (Å²) in [5.41, 5.74) is 3.75. The van der Waals surface area contributed by atoms with Gasteiger partial charge in [0.25, 0.3) is 5.91 Å². The summed E-state index contributed by atoms with van der Waals surface area (Å²) in [6.07, 6.45) is 5.08. The number of rotatable bonds is 7. The van der Waals surface area contributed by atoms with E-state index in [2.05, 4.69) is 22.5 Å². The van der Waals surface area contributed by atoms with Crippen molar-refractivity contribution in [2.75, 3.05) is 5.32 Å². The van der Waals surface area contributed by atoms with Crippen molar-refractivity contribution in [2.24, 2.45) is 0 Å². The van der Waals surface area contributed by atoms with Crippen molar-refractivity contribution in [1.82, 2.24) is 9.78 Å². The smallest absolute Gasteiger partial charge is 0.292 e. The van der Waals surface area contributed by atoms with Crippen LogP contribution in [-0.2, 0) is 26.0 Å². The topological polar surface area (TPSA) is 69.3 Å². The number of fused-ring (bicyclic) bond motifs is 1. The molecule has 0 fully saturated rings. The molecule has 1 N–H and O–H groups in total. The second-order valence-corrected chi connectivity index (χ2v) is 8.79. The summed E-state index contributed by atoms with van der Waals surface area (Å²) < 4.78 is 13.2. The van der Waals surface area contributed by atoms with Crippen molar-refractivity contribution in [1.29, 1.82) is 0 Å². The van der Waals surface area contributed by atoms with Crippen molar-refractivity contribution in [2.45, 2.75) is 32.4 Å². The zero-order valence-electron chi connectivity index (χ0n) is 17.7. The summed E-state index contributed by atoms with van der Waals surface area (Å²) in [4.78, 5) is 12.6. The number of ether oxygens (including phenoxy) is 1. The maximum atomic E-state index is 12.6. The minimum Gasteiger partial charge on any atom is -0.486 e. The Kier molecular flexibility index (Phi) is 6.11. The number of hydrogen-bond donors (Lipinski definition) is 1. The molecule has 0 bridgehead atoms. The first-order valence-electron chi connectivity index (χ1n) is 10.7. The Hall–Kier alpha value is -3.22. The fourth-order valence-electron chi connectivity index (χ4n) is 3.88. The minimum atomic E-state index is -0.433. The third-order valence-corrected chi connectivity index (χ3v) is 6.07. The van der Waals surface area contributed by atoms with E-state index in [1.165, 1.54) is 17.5 Å². The summed E-state index contributed by atoms with van der Waals surface area (Å²) in [5, 5.41) is 8.06. The van der Waals surface area contributed by atoms with Crippen LogP contribution in [0.3, 0.4) is 0 Å². The van der Waals surface area contributed by atoms with Gasteiger partial charge in [-0.05, 0) is 72.4 Å². The lowest BCUT2D eigenvalue weighted by atomic mass is 10.1. The maximum absolute atomic E-state index is 12.6. The highest BCUT2D eigenvalue weighted by molar-refractivity contribution is 6.33. The van der Waals surface area contributed by atoms with Gasteiger partial charge >= 0.3 is 0 Å². The number of halogens is 2. The number of nitrogens with zero attached hydrogens (tertiary/aromatic N) is 2. The van der Waals surface area contributed by atoms with E-state index in [1.807, 2.05) is 30.3 Å². The number of amides is 1. The zero-order valence-corrected chi connectivity index (χ0v) is 19.2. The largest absolute Gasteiger partial charge is 0.486 e. The molecule has 0 saturated heterocycles. The van der Waals surface area contributed by atoms with Gasteiger partial charge in [0.1, 0.15) is 23.1 Å². The fourth-order valence-corrected chi connectivity index (χ4v) is 4.20. The molecule has 0 spiro atoms. The lowest BCUT2D eigenvalue weighted by Crippen LogP contribution is -2.12. The highest BCUT2D eigenvalue weighted by Gasteiger charge is 2.17. The molecule has 6 nitrogen and oxygen atoms in total. The van der Waals surface area contributed by atoms with E-state index in [1.54, 1.807) is 23.0 Å². The third kappa shape index (κ3) is 5.07. The van der Waals surface area contributed by atoms with Gasteiger partial charge in [-0.25, -0.2) is 0 Å². The standard InChI is InChI=1S/C25H21Cl2N3O3/c26-19-7-4-16(5-8-19)13-30-14-22(27)24(29-30)28-25(31)23-11-10-21(33-23)15-32-20-9-6-17-2-1-3-18(17)12-20/h4-12,14H,1-3,13,15H2,(H,28,29,31). The molecular weight excluding hydrogens is 461 g/mol. The Bertz CT molecular complexity index is 1290. The Balaban J connectivity index is 1.19. The van der Waals surface area contributed by atoms with E-state index >= 15 is 0 Å². The average Bonchev–Trinajstić information content (AvgIpc) is 3.54. The van der Waals surface area contributed by atoms with E-state index in [9.17, 15) is 4.79 Å². The van der Waals surface area contributed by atoms with Gasteiger partial charge in [-0.2, -0.15) is 5.10 Å². The highest BCUT2D eigenvalue weighted by Crippen LogP contribution is 2.27. The number of furan rings is 1. The molecule has 2 heterocycles. The minimum absolute atomic E-state index is 0.158. The van der Waals surface area contributed by atoms with Gasteiger partial charge in [-0.3, -0.25) is 9.48 Å². The lowest BCUT2D eigenvalue weighted by molar-refractivity contribution is 0.0992. The Labute approximate surface area is 201 Å². The molecule has 4 aromatic rings. The van der Waals surface area contributed by atoms with Crippen molar-refractivity contribution >= 4 is 34.9 Å². The van der Waals surface area contributed by atoms with Crippen LogP contribution in [-0.4, -0.2) is 15.7 Å². The quantitative estimate of drug-likeness (QED) is 0.343. The molecule has 2 aromatic carbocycles. The number of carbonyl (C=O) groups is 1. The van der Waals surface area contributed by atoms with E-state index < -0.39 is 5.91 Å². The first-order chi connectivity index (χ1) is 16.0. The van der Waals surface area contributed by atoms with Crippen LogP contribution < -0.4 is 10.1 Å². The monoisotopic (exact) mass is 481 g/mol. The van der Waals surface area contributed by atoms with Gasteiger partial charge in [0, 0.05) is 11.2 Å². The molecule has 1 aliphatic rings. The molecule has 2 aromatic heterocycles. The van der Waals surface area contributed by atoms with Gasteiger partial charge in [-0.1, -0.05) is 41.4 Å². The van der Waals surface area contributed by atoms with E-state index in [4.69, 9.17) is 32.4 Å². The van der Waals surface area contributed by atoms with Crippen molar-refractivity contribution in [3.05, 3.63) is 99.1 Å². The fraction of sp³-hybridized carbons (Fsp3) is 0.200. The summed E-state index contributed by atoms with van der Waals surface area (Å²) in [6.45, 7) is 0.736. The predicted octanol–water partition coefficient (Wildman–Crippen LogP) is 6.15. The lowest BCUT2D eigenvalue weighted by Gasteiger charge is -2.06. The first kappa shape index (κ1) is 21.6. The number of hydrogen-bond acceptors (Lipinski definition) is 4. The number of benzene rings is 2. The number of carbonyl (C=O) groups excluding carboxylic acids is 1. The Morgan fingerprint density at radius 3 is 2.73 bits per heavy atom. The molecule has 0 aliphatic heterocycles. The van der Waals surface area contributed by atoms with Crippen LogP contribution in [0.1, 0.15) is 39.4 Å². The number of anilines is 1. The summed E-state index contributed by atoms with van der Waals surface area (Å²) in [6, 6.07) is 17.0. The van der Waals surface area contributed by atoms with Crippen molar-refractivity contribution in [3.63, 3.8) is 0 Å². The van der Waals surface area contributed by atoms with Gasteiger partial charge in [0.15, 0.2) is 11.6 Å². The molecule has 0 radical (unpaired) electrons. The molecule has 33 heavy (non-hydrogen) atoms. The summed E-state index contributed by atoms with van der Waals surface area (Å²) in [7, 11) is 0. The van der Waals surface area contributed by atoms with E-state index in [0.29, 0.717) is 22.4 Å². The van der Waals surface area contributed by atoms with Crippen LogP contribution >= 0.6 is 23.2 Å². The van der Waals surface area contributed by atoms with Crippen LogP contribution in [0.25, 0.3) is 0 Å². The Morgan fingerprint density at radius 2 is 1.88 bits per heavy atom. The molecule has 1 amide bonds. The number of aromatic nitrogens is 2. The molecule has 0 saturated carbocycles. The maximum Gasteiger partial charge on any atom is 0.292 e. The third-order valence-electron chi connectivity index (χ3n) is 5.54. The van der Waals surface area contributed by atoms with Crippen LogP contribution in [0, 0.1) is 0 Å². The molecule has 5 rings (SSSR count). The average molecular weight is 482 g/mol. The molecular formula is C25H21Cl2N3O3. The molecule has 1 aliphatic carbocycles. The molecule has 168 valence electrons. The van der Waals surface area contributed by atoms with Crippen molar-refractivity contribution in [3.8, 4) is 5.75 Å². The summed E-state index contributed by atoms with van der Waals surface area (Å²) >= 11 is 12.2. The Morgan fingerprint density at radius 1 is 1.06 bits per heavy atom. The number of nitrogens with one attached hydrogen (secondary N) is 1. The van der Waals surface area contributed by atoms with E-state index in [-0.39, 0.29) is 18.2 Å². The number of aryl methyl sites for hydroxylation is 2. The van der Waals surface area contributed by atoms with Crippen LogP contribution in [0.2, 0.25) is 10.0 Å².